The maximum atomic E-state index is 13.2. The molecular formula is C23H26N4O3. The Morgan fingerprint density at radius 2 is 1.93 bits per heavy atom. The van der Waals surface area contributed by atoms with Crippen molar-refractivity contribution in [2.45, 2.75) is 19.9 Å². The molecule has 1 aliphatic rings. The first kappa shape index (κ1) is 20.1. The number of ether oxygens (including phenoxy) is 2. The van der Waals surface area contributed by atoms with Gasteiger partial charge in [-0.1, -0.05) is 18.2 Å². The van der Waals surface area contributed by atoms with Gasteiger partial charge in [-0.2, -0.15) is 0 Å². The molecule has 1 N–H and O–H groups in total. The molecule has 1 aromatic heterocycles. The number of nitrogens with one attached hydrogen (secondary N) is 1. The third kappa shape index (κ3) is 4.07. The van der Waals surface area contributed by atoms with Gasteiger partial charge in [0.25, 0.3) is 5.91 Å². The van der Waals surface area contributed by atoms with E-state index in [1.807, 2.05) is 55.1 Å². The second-order valence-corrected chi connectivity index (χ2v) is 7.55. The molecule has 0 bridgehead atoms. The molecule has 1 fully saturated rings. The number of carbonyl (C=O) groups is 1. The topological polar surface area (TPSA) is 76.6 Å². The van der Waals surface area contributed by atoms with Crippen molar-refractivity contribution >= 4 is 22.8 Å². The van der Waals surface area contributed by atoms with E-state index in [-0.39, 0.29) is 11.9 Å². The Hall–Kier alpha value is -3.19. The van der Waals surface area contributed by atoms with Crippen molar-refractivity contribution < 1.29 is 14.3 Å². The first-order chi connectivity index (χ1) is 14.6. The quantitative estimate of drug-likeness (QED) is 0.698. The van der Waals surface area contributed by atoms with E-state index in [0.717, 1.165) is 22.0 Å². The Morgan fingerprint density at radius 3 is 2.67 bits per heavy atom. The number of fused-ring (bicyclic) bond motifs is 1. The van der Waals surface area contributed by atoms with Gasteiger partial charge in [0.15, 0.2) is 0 Å². The first-order valence-corrected chi connectivity index (χ1v) is 10.1. The van der Waals surface area contributed by atoms with Gasteiger partial charge in [-0.3, -0.25) is 4.79 Å². The van der Waals surface area contributed by atoms with Crippen molar-refractivity contribution in [2.24, 2.45) is 0 Å². The van der Waals surface area contributed by atoms with Crippen LogP contribution < -0.4 is 10.1 Å². The zero-order valence-electron chi connectivity index (χ0n) is 17.5. The minimum absolute atomic E-state index is 0.00350. The smallest absolute Gasteiger partial charge is 0.254 e. The molecule has 30 heavy (non-hydrogen) atoms. The molecule has 1 aliphatic heterocycles. The lowest BCUT2D eigenvalue weighted by Gasteiger charge is -2.27. The Morgan fingerprint density at radius 1 is 1.17 bits per heavy atom. The lowest BCUT2D eigenvalue weighted by molar-refractivity contribution is 0.0303. The van der Waals surface area contributed by atoms with Gasteiger partial charge in [0.1, 0.15) is 5.75 Å². The largest absolute Gasteiger partial charge is 0.496 e. The van der Waals surface area contributed by atoms with Crippen LogP contribution in [0, 0.1) is 0 Å². The number of aromatic nitrogens is 2. The summed E-state index contributed by atoms with van der Waals surface area (Å²) in [6, 6.07) is 11.8. The molecule has 7 heteroatoms. The first-order valence-electron chi connectivity index (χ1n) is 10.1. The Balaban J connectivity index is 1.78. The van der Waals surface area contributed by atoms with E-state index in [4.69, 9.17) is 9.47 Å². The van der Waals surface area contributed by atoms with Crippen LogP contribution in [0.1, 0.15) is 24.2 Å². The van der Waals surface area contributed by atoms with Gasteiger partial charge in [-0.25, -0.2) is 9.97 Å². The van der Waals surface area contributed by atoms with E-state index in [0.29, 0.717) is 43.6 Å². The highest BCUT2D eigenvalue weighted by molar-refractivity contribution is 6.02. The molecule has 2 heterocycles. The van der Waals surface area contributed by atoms with Crippen molar-refractivity contribution in [3.63, 3.8) is 0 Å². The summed E-state index contributed by atoms with van der Waals surface area (Å²) in [4.78, 5) is 24.1. The van der Waals surface area contributed by atoms with Gasteiger partial charge in [0, 0.05) is 47.9 Å². The molecule has 0 unspecified atom stereocenters. The summed E-state index contributed by atoms with van der Waals surface area (Å²) in [6.45, 7) is 6.41. The third-order valence-electron chi connectivity index (χ3n) is 5.06. The molecule has 3 aromatic rings. The highest BCUT2D eigenvalue weighted by atomic mass is 16.5. The van der Waals surface area contributed by atoms with Crippen LogP contribution in [0.3, 0.4) is 0 Å². The monoisotopic (exact) mass is 406 g/mol. The van der Waals surface area contributed by atoms with E-state index in [2.05, 4.69) is 15.3 Å². The zero-order chi connectivity index (χ0) is 21.1. The number of benzene rings is 2. The molecule has 0 atom stereocenters. The van der Waals surface area contributed by atoms with Crippen LogP contribution in [-0.4, -0.2) is 60.2 Å². The molecule has 0 radical (unpaired) electrons. The van der Waals surface area contributed by atoms with E-state index in [1.54, 1.807) is 13.3 Å². The van der Waals surface area contributed by atoms with Crippen molar-refractivity contribution in [3.8, 4) is 16.9 Å². The van der Waals surface area contributed by atoms with Crippen LogP contribution in [-0.2, 0) is 4.74 Å². The summed E-state index contributed by atoms with van der Waals surface area (Å²) < 4.78 is 11.1. The Kier molecular flexibility index (Phi) is 5.81. The van der Waals surface area contributed by atoms with Gasteiger partial charge >= 0.3 is 0 Å². The Labute approximate surface area is 176 Å². The van der Waals surface area contributed by atoms with Crippen LogP contribution in [0.4, 0.5) is 5.95 Å². The molecule has 0 saturated carbocycles. The van der Waals surface area contributed by atoms with E-state index in [9.17, 15) is 4.79 Å². The number of amides is 1. The summed E-state index contributed by atoms with van der Waals surface area (Å²) >= 11 is 0. The fourth-order valence-electron chi connectivity index (χ4n) is 3.61. The number of nitrogens with zero attached hydrogens (tertiary/aromatic N) is 3. The number of morpholine rings is 1. The minimum atomic E-state index is 0.00350. The normalized spacial score (nSPS) is 14.2. The Bertz CT molecular complexity index is 1060. The van der Waals surface area contributed by atoms with E-state index >= 15 is 0 Å². The van der Waals surface area contributed by atoms with E-state index < -0.39 is 0 Å². The van der Waals surface area contributed by atoms with Gasteiger partial charge in [0.2, 0.25) is 5.95 Å². The summed E-state index contributed by atoms with van der Waals surface area (Å²) in [6.07, 6.45) is 1.79. The second-order valence-electron chi connectivity index (χ2n) is 7.55. The molecule has 156 valence electrons. The molecular weight excluding hydrogens is 380 g/mol. The summed E-state index contributed by atoms with van der Waals surface area (Å²) in [5.41, 5.74) is 3.11. The standard InChI is InChI=1S/C23H26N4O3/c1-15(2)25-23-24-14-16-12-19(21(29-3)13-20(16)26-23)17-6-4-5-7-18(17)22(28)27-8-10-30-11-9-27/h4-7,12-15H,8-11H2,1-3H3,(H,24,25,26). The predicted octanol–water partition coefficient (Wildman–Crippen LogP) is 3.60. The van der Waals surface area contributed by atoms with Crippen LogP contribution in [0.25, 0.3) is 22.0 Å². The van der Waals surface area contributed by atoms with Gasteiger partial charge in [-0.15, -0.1) is 0 Å². The van der Waals surface area contributed by atoms with Crippen LogP contribution in [0.2, 0.25) is 0 Å². The highest BCUT2D eigenvalue weighted by Gasteiger charge is 2.23. The maximum absolute atomic E-state index is 13.2. The zero-order valence-corrected chi connectivity index (χ0v) is 17.5. The number of hydrogen-bond acceptors (Lipinski definition) is 6. The van der Waals surface area contributed by atoms with Crippen LogP contribution >= 0.6 is 0 Å². The summed E-state index contributed by atoms with van der Waals surface area (Å²) in [5, 5.41) is 4.10. The SMILES string of the molecule is COc1cc2nc(NC(C)C)ncc2cc1-c1ccccc1C(=O)N1CCOCC1. The van der Waals surface area contributed by atoms with E-state index in [1.165, 1.54) is 0 Å². The number of rotatable bonds is 5. The van der Waals surface area contributed by atoms with Crippen molar-refractivity contribution in [3.05, 3.63) is 48.2 Å². The minimum Gasteiger partial charge on any atom is -0.496 e. The molecule has 4 rings (SSSR count). The fraction of sp³-hybridized carbons (Fsp3) is 0.348. The van der Waals surface area contributed by atoms with Gasteiger partial charge in [0.05, 0.1) is 25.8 Å². The summed E-state index contributed by atoms with van der Waals surface area (Å²) in [7, 11) is 1.63. The molecule has 7 nitrogen and oxygen atoms in total. The molecule has 0 aliphatic carbocycles. The van der Waals surface area contributed by atoms with Crippen molar-refractivity contribution in [1.82, 2.24) is 14.9 Å². The van der Waals surface area contributed by atoms with Crippen LogP contribution in [0.5, 0.6) is 5.75 Å². The molecule has 1 amide bonds. The predicted molar refractivity (Wildman–Crippen MR) is 117 cm³/mol. The van der Waals surface area contributed by atoms with Crippen molar-refractivity contribution in [1.29, 1.82) is 0 Å². The second kappa shape index (κ2) is 8.67. The molecule has 2 aromatic carbocycles. The van der Waals surface area contributed by atoms with Gasteiger partial charge < -0.3 is 19.7 Å². The third-order valence-corrected chi connectivity index (χ3v) is 5.06. The maximum Gasteiger partial charge on any atom is 0.254 e. The van der Waals surface area contributed by atoms with Gasteiger partial charge in [-0.05, 0) is 31.5 Å². The van der Waals surface area contributed by atoms with Crippen LogP contribution in [0.15, 0.2) is 42.6 Å². The lowest BCUT2D eigenvalue weighted by atomic mass is 9.96. The number of anilines is 1. The fourth-order valence-corrected chi connectivity index (χ4v) is 3.61. The molecule has 1 saturated heterocycles. The average molecular weight is 406 g/mol. The number of hydrogen-bond donors (Lipinski definition) is 1. The average Bonchev–Trinajstić information content (AvgIpc) is 2.78. The number of carbonyl (C=O) groups excluding carboxylic acids is 1. The lowest BCUT2D eigenvalue weighted by Crippen LogP contribution is -2.40. The van der Waals surface area contributed by atoms with Crippen molar-refractivity contribution in [2.75, 3.05) is 38.7 Å². The highest BCUT2D eigenvalue weighted by Crippen LogP contribution is 2.36. The molecule has 0 spiro atoms. The summed E-state index contributed by atoms with van der Waals surface area (Å²) in [5.74, 6) is 1.25. The number of methoxy groups -OCH3 is 1.